The van der Waals surface area contributed by atoms with Crippen molar-refractivity contribution in [1.82, 2.24) is 4.57 Å². The summed E-state index contributed by atoms with van der Waals surface area (Å²) in [7, 11) is 0. The van der Waals surface area contributed by atoms with Crippen LogP contribution < -0.4 is 0 Å². The van der Waals surface area contributed by atoms with Crippen molar-refractivity contribution in [3.05, 3.63) is 162 Å². The number of aryl methyl sites for hydroxylation is 1. The van der Waals surface area contributed by atoms with E-state index in [1.54, 1.807) is 0 Å². The molecule has 0 saturated heterocycles. The van der Waals surface area contributed by atoms with Crippen molar-refractivity contribution < 1.29 is 0 Å². The maximum Gasteiger partial charge on any atom is 0.0541 e. The molecule has 1 heterocycles. The van der Waals surface area contributed by atoms with Crippen molar-refractivity contribution in [2.75, 3.05) is 0 Å². The van der Waals surface area contributed by atoms with Gasteiger partial charge in [-0.05, 0) is 76.6 Å². The van der Waals surface area contributed by atoms with Crippen molar-refractivity contribution in [3.63, 3.8) is 0 Å². The average Bonchev–Trinajstić information content (AvgIpc) is 3.33. The van der Waals surface area contributed by atoms with E-state index in [0.717, 1.165) is 6.42 Å². The van der Waals surface area contributed by atoms with Crippen LogP contribution in [-0.4, -0.2) is 4.57 Å². The number of aromatic nitrogens is 1. The Morgan fingerprint density at radius 2 is 1.08 bits per heavy atom. The Morgan fingerprint density at radius 1 is 0.487 bits per heavy atom. The summed E-state index contributed by atoms with van der Waals surface area (Å²) in [5, 5.41) is 2.57. The predicted octanol–water partition coefficient (Wildman–Crippen LogP) is 10.0. The molecular formula is C38H29N. The van der Waals surface area contributed by atoms with Crippen molar-refractivity contribution in [2.24, 2.45) is 0 Å². The summed E-state index contributed by atoms with van der Waals surface area (Å²) < 4.78 is 2.39. The van der Waals surface area contributed by atoms with E-state index >= 15 is 0 Å². The highest BCUT2D eigenvalue weighted by Gasteiger charge is 2.13. The van der Waals surface area contributed by atoms with Gasteiger partial charge in [-0.25, -0.2) is 0 Å². The molecular weight excluding hydrogens is 470 g/mol. The molecule has 0 aliphatic heterocycles. The van der Waals surface area contributed by atoms with E-state index in [1.807, 2.05) is 0 Å². The first-order valence-corrected chi connectivity index (χ1v) is 13.6. The Kier molecular flexibility index (Phi) is 5.83. The lowest BCUT2D eigenvalue weighted by atomic mass is 9.92. The van der Waals surface area contributed by atoms with Crippen LogP contribution >= 0.6 is 0 Å². The molecule has 0 aliphatic carbocycles. The second-order valence-electron chi connectivity index (χ2n) is 10.3. The molecule has 1 nitrogen and oxygen atoms in total. The number of hydrogen-bond donors (Lipinski definition) is 0. The molecule has 0 saturated carbocycles. The Bertz CT molecular complexity index is 1900. The molecule has 39 heavy (non-hydrogen) atoms. The fourth-order valence-corrected chi connectivity index (χ4v) is 5.92. The second kappa shape index (κ2) is 9.78. The number of nitrogens with zero attached hydrogens (tertiary/aromatic N) is 1. The Morgan fingerprint density at radius 3 is 1.82 bits per heavy atom. The molecule has 7 rings (SSSR count). The van der Waals surface area contributed by atoms with Crippen molar-refractivity contribution in [1.29, 1.82) is 0 Å². The first kappa shape index (κ1) is 23.3. The van der Waals surface area contributed by atoms with E-state index in [1.165, 1.54) is 66.4 Å². The van der Waals surface area contributed by atoms with Crippen LogP contribution in [0.2, 0.25) is 0 Å². The molecule has 0 radical (unpaired) electrons. The van der Waals surface area contributed by atoms with Gasteiger partial charge in [0.2, 0.25) is 0 Å². The lowest BCUT2D eigenvalue weighted by Gasteiger charge is -2.13. The van der Waals surface area contributed by atoms with E-state index in [4.69, 9.17) is 0 Å². The van der Waals surface area contributed by atoms with Crippen LogP contribution in [0.3, 0.4) is 0 Å². The predicted molar refractivity (Wildman–Crippen MR) is 166 cm³/mol. The van der Waals surface area contributed by atoms with Gasteiger partial charge in [-0.2, -0.15) is 0 Å². The van der Waals surface area contributed by atoms with Gasteiger partial charge in [-0.3, -0.25) is 0 Å². The van der Waals surface area contributed by atoms with E-state index in [0.29, 0.717) is 0 Å². The molecule has 0 N–H and O–H groups in total. The summed E-state index contributed by atoms with van der Waals surface area (Å²) in [5.74, 6) is 0. The highest BCUT2D eigenvalue weighted by Crippen LogP contribution is 2.34. The quantitative estimate of drug-likeness (QED) is 0.222. The molecule has 186 valence electrons. The molecule has 6 aromatic carbocycles. The number of para-hydroxylation sites is 2. The van der Waals surface area contributed by atoms with Crippen LogP contribution in [0.5, 0.6) is 0 Å². The third kappa shape index (κ3) is 4.23. The van der Waals surface area contributed by atoms with Gasteiger partial charge in [-0.15, -0.1) is 0 Å². The third-order valence-corrected chi connectivity index (χ3v) is 7.79. The monoisotopic (exact) mass is 499 g/mol. The summed E-state index contributed by atoms with van der Waals surface area (Å²) in [6.45, 7) is 2.19. The minimum Gasteiger partial charge on any atom is -0.309 e. The van der Waals surface area contributed by atoms with Crippen LogP contribution in [0.4, 0.5) is 0 Å². The summed E-state index contributed by atoms with van der Waals surface area (Å²) in [5.41, 5.74) is 12.7. The van der Waals surface area contributed by atoms with Crippen molar-refractivity contribution in [2.45, 2.75) is 13.3 Å². The molecule has 0 aliphatic rings. The van der Waals surface area contributed by atoms with Crippen LogP contribution in [0.25, 0.3) is 49.7 Å². The number of rotatable bonds is 5. The van der Waals surface area contributed by atoms with Gasteiger partial charge < -0.3 is 4.57 Å². The molecule has 0 bridgehead atoms. The maximum atomic E-state index is 2.39. The molecule has 0 amide bonds. The topological polar surface area (TPSA) is 4.93 Å². The first-order chi connectivity index (χ1) is 19.3. The fourth-order valence-electron chi connectivity index (χ4n) is 5.92. The normalized spacial score (nSPS) is 11.3. The maximum absolute atomic E-state index is 2.39. The number of benzene rings is 6. The van der Waals surface area contributed by atoms with Crippen molar-refractivity contribution in [3.8, 4) is 27.9 Å². The van der Waals surface area contributed by atoms with Gasteiger partial charge in [0, 0.05) is 16.5 Å². The van der Waals surface area contributed by atoms with Crippen molar-refractivity contribution >= 4 is 21.8 Å². The van der Waals surface area contributed by atoms with E-state index in [2.05, 4.69) is 157 Å². The minimum absolute atomic E-state index is 0.894. The Balaban J connectivity index is 1.28. The lowest BCUT2D eigenvalue weighted by molar-refractivity contribution is 1.18. The molecule has 7 aromatic rings. The van der Waals surface area contributed by atoms with Gasteiger partial charge >= 0.3 is 0 Å². The average molecular weight is 500 g/mol. The van der Waals surface area contributed by atoms with Gasteiger partial charge in [0.05, 0.1) is 11.0 Å². The molecule has 0 unspecified atom stereocenters. The minimum atomic E-state index is 0.894. The lowest BCUT2D eigenvalue weighted by Crippen LogP contribution is -1.95. The van der Waals surface area contributed by atoms with Crippen LogP contribution in [0, 0.1) is 6.92 Å². The zero-order valence-electron chi connectivity index (χ0n) is 22.0. The summed E-state index contributed by atoms with van der Waals surface area (Å²) in [6.07, 6.45) is 0.894. The fraction of sp³-hybridized carbons (Fsp3) is 0.0526. The standard InChI is InChI=1S/C38H29N/c1-27-12-2-4-18-33(27)34-19-5-3-14-31(34)25-28-13-10-15-29(24-28)30-16-11-17-32(26-30)39-37-22-8-6-20-35(37)36-21-7-9-23-38(36)39/h2-24,26H,25H2,1H3. The third-order valence-electron chi connectivity index (χ3n) is 7.79. The molecule has 1 aromatic heterocycles. The van der Waals surface area contributed by atoms with Gasteiger partial charge in [0.1, 0.15) is 0 Å². The highest BCUT2D eigenvalue weighted by molar-refractivity contribution is 6.09. The Labute approximate surface area is 229 Å². The smallest absolute Gasteiger partial charge is 0.0541 e. The molecule has 1 heteroatoms. The highest BCUT2D eigenvalue weighted by atomic mass is 15.0. The van der Waals surface area contributed by atoms with E-state index < -0.39 is 0 Å². The van der Waals surface area contributed by atoms with Crippen LogP contribution in [-0.2, 0) is 6.42 Å². The second-order valence-corrected chi connectivity index (χ2v) is 10.3. The summed E-state index contributed by atoms with van der Waals surface area (Å²) >= 11 is 0. The van der Waals surface area contributed by atoms with E-state index in [9.17, 15) is 0 Å². The zero-order chi connectivity index (χ0) is 26.2. The largest absolute Gasteiger partial charge is 0.309 e. The first-order valence-electron chi connectivity index (χ1n) is 13.6. The molecule has 0 atom stereocenters. The number of hydrogen-bond acceptors (Lipinski definition) is 0. The summed E-state index contributed by atoms with van der Waals surface area (Å²) in [4.78, 5) is 0. The van der Waals surface area contributed by atoms with Crippen LogP contribution in [0.1, 0.15) is 16.7 Å². The zero-order valence-corrected chi connectivity index (χ0v) is 22.0. The van der Waals surface area contributed by atoms with Gasteiger partial charge in [-0.1, -0.05) is 121 Å². The van der Waals surface area contributed by atoms with Gasteiger partial charge in [0.25, 0.3) is 0 Å². The Hall–Kier alpha value is -4.88. The molecule has 0 spiro atoms. The summed E-state index contributed by atoms with van der Waals surface area (Å²) in [6, 6.07) is 52.8. The molecule has 0 fully saturated rings. The number of fused-ring (bicyclic) bond motifs is 3. The van der Waals surface area contributed by atoms with Crippen LogP contribution in [0.15, 0.2) is 146 Å². The van der Waals surface area contributed by atoms with E-state index in [-0.39, 0.29) is 0 Å². The SMILES string of the molecule is Cc1ccccc1-c1ccccc1Cc1cccc(-c2cccc(-n3c4ccccc4c4ccccc43)c2)c1. The van der Waals surface area contributed by atoms with Gasteiger partial charge in [0.15, 0.2) is 0 Å².